The summed E-state index contributed by atoms with van der Waals surface area (Å²) in [6.45, 7) is 2.00. The standard InChI is InChI=1S/C15H20ClNO3/c16-13-5-11(6-14-15(13)20-9-19-14)8-17-7-10-1-3-12(18)4-2-10/h5-6,10,12,17-18H,1-4,7-9H2. The zero-order chi connectivity index (χ0) is 13.9. The van der Waals surface area contributed by atoms with Crippen molar-refractivity contribution in [1.82, 2.24) is 5.32 Å². The molecule has 20 heavy (non-hydrogen) atoms. The lowest BCUT2D eigenvalue weighted by Crippen LogP contribution is -2.27. The molecule has 0 aromatic heterocycles. The van der Waals surface area contributed by atoms with Gasteiger partial charge in [-0.1, -0.05) is 11.6 Å². The molecule has 1 saturated carbocycles. The third-order valence-corrected chi connectivity index (χ3v) is 4.35. The highest BCUT2D eigenvalue weighted by atomic mass is 35.5. The van der Waals surface area contributed by atoms with Crippen molar-refractivity contribution in [2.24, 2.45) is 5.92 Å². The van der Waals surface area contributed by atoms with Crippen LogP contribution < -0.4 is 14.8 Å². The fourth-order valence-corrected chi connectivity index (χ4v) is 3.18. The number of rotatable bonds is 4. The quantitative estimate of drug-likeness (QED) is 0.897. The first-order chi connectivity index (χ1) is 9.72. The third-order valence-electron chi connectivity index (χ3n) is 4.07. The van der Waals surface area contributed by atoms with Crippen LogP contribution in [-0.4, -0.2) is 24.5 Å². The van der Waals surface area contributed by atoms with Crippen molar-refractivity contribution in [2.45, 2.75) is 38.3 Å². The van der Waals surface area contributed by atoms with Crippen LogP contribution >= 0.6 is 11.6 Å². The van der Waals surface area contributed by atoms with Crippen LogP contribution in [0.2, 0.25) is 5.02 Å². The fourth-order valence-electron chi connectivity index (χ4n) is 2.89. The van der Waals surface area contributed by atoms with Crippen LogP contribution in [0.3, 0.4) is 0 Å². The van der Waals surface area contributed by atoms with E-state index in [-0.39, 0.29) is 12.9 Å². The molecule has 0 bridgehead atoms. The van der Waals surface area contributed by atoms with E-state index in [2.05, 4.69) is 5.32 Å². The molecule has 1 aromatic rings. The Hall–Kier alpha value is -0.970. The molecule has 0 atom stereocenters. The van der Waals surface area contributed by atoms with Crippen molar-refractivity contribution in [1.29, 1.82) is 0 Å². The SMILES string of the molecule is OC1CCC(CNCc2cc(Cl)c3c(c2)OCO3)CC1. The van der Waals surface area contributed by atoms with E-state index in [1.165, 1.54) is 0 Å². The number of aliphatic hydroxyl groups excluding tert-OH is 1. The van der Waals surface area contributed by atoms with E-state index >= 15 is 0 Å². The molecular weight excluding hydrogens is 278 g/mol. The van der Waals surface area contributed by atoms with Gasteiger partial charge in [0.2, 0.25) is 6.79 Å². The summed E-state index contributed by atoms with van der Waals surface area (Å²) in [6, 6.07) is 3.90. The number of hydrogen-bond acceptors (Lipinski definition) is 4. The molecule has 2 aliphatic rings. The number of aliphatic hydroxyl groups is 1. The van der Waals surface area contributed by atoms with Crippen LogP contribution in [0.25, 0.3) is 0 Å². The predicted molar refractivity (Wildman–Crippen MR) is 77.2 cm³/mol. The number of fused-ring (bicyclic) bond motifs is 1. The number of hydrogen-bond donors (Lipinski definition) is 2. The summed E-state index contributed by atoms with van der Waals surface area (Å²) in [5, 5.41) is 13.6. The first kappa shape index (κ1) is 14.0. The van der Waals surface area contributed by atoms with Gasteiger partial charge in [0.05, 0.1) is 11.1 Å². The largest absolute Gasteiger partial charge is 0.454 e. The highest BCUT2D eigenvalue weighted by Gasteiger charge is 2.20. The van der Waals surface area contributed by atoms with E-state index in [1.807, 2.05) is 12.1 Å². The van der Waals surface area contributed by atoms with Crippen molar-refractivity contribution in [3.63, 3.8) is 0 Å². The second kappa shape index (κ2) is 6.20. The lowest BCUT2D eigenvalue weighted by Gasteiger charge is -2.25. The zero-order valence-corrected chi connectivity index (χ0v) is 12.2. The Bertz CT molecular complexity index is 472. The molecule has 0 saturated heterocycles. The summed E-state index contributed by atoms with van der Waals surface area (Å²) in [5.74, 6) is 2.05. The summed E-state index contributed by atoms with van der Waals surface area (Å²) >= 11 is 6.16. The van der Waals surface area contributed by atoms with Crippen LogP contribution in [0, 0.1) is 5.92 Å². The van der Waals surface area contributed by atoms with Crippen molar-refractivity contribution < 1.29 is 14.6 Å². The Morgan fingerprint density at radius 1 is 1.20 bits per heavy atom. The molecule has 0 unspecified atom stereocenters. The smallest absolute Gasteiger partial charge is 0.231 e. The number of ether oxygens (including phenoxy) is 2. The zero-order valence-electron chi connectivity index (χ0n) is 11.4. The molecule has 1 aliphatic carbocycles. The van der Waals surface area contributed by atoms with Gasteiger partial charge in [0.1, 0.15) is 0 Å². The Balaban J connectivity index is 1.50. The number of halogens is 1. The molecular formula is C15H20ClNO3. The highest BCUT2D eigenvalue weighted by molar-refractivity contribution is 6.32. The second-order valence-electron chi connectivity index (χ2n) is 5.62. The van der Waals surface area contributed by atoms with Gasteiger partial charge in [-0.05, 0) is 55.8 Å². The molecule has 2 N–H and O–H groups in total. The van der Waals surface area contributed by atoms with Crippen molar-refractivity contribution in [2.75, 3.05) is 13.3 Å². The average molecular weight is 298 g/mol. The Kier molecular flexibility index (Phi) is 4.34. The Morgan fingerprint density at radius 3 is 2.80 bits per heavy atom. The maximum absolute atomic E-state index is 9.49. The minimum atomic E-state index is -0.0843. The lowest BCUT2D eigenvalue weighted by molar-refractivity contribution is 0.108. The van der Waals surface area contributed by atoms with Gasteiger partial charge >= 0.3 is 0 Å². The third kappa shape index (κ3) is 3.19. The summed E-state index contributed by atoms with van der Waals surface area (Å²) in [4.78, 5) is 0. The van der Waals surface area contributed by atoms with Crippen LogP contribution in [0.4, 0.5) is 0 Å². The van der Waals surface area contributed by atoms with E-state index in [0.29, 0.717) is 16.7 Å². The van der Waals surface area contributed by atoms with Crippen molar-refractivity contribution in [3.8, 4) is 11.5 Å². The van der Waals surface area contributed by atoms with Gasteiger partial charge in [-0.25, -0.2) is 0 Å². The van der Waals surface area contributed by atoms with Gasteiger partial charge in [-0.15, -0.1) is 0 Å². The number of nitrogens with one attached hydrogen (secondary N) is 1. The fraction of sp³-hybridized carbons (Fsp3) is 0.600. The van der Waals surface area contributed by atoms with Crippen LogP contribution in [0.1, 0.15) is 31.2 Å². The van der Waals surface area contributed by atoms with Gasteiger partial charge in [-0.2, -0.15) is 0 Å². The topological polar surface area (TPSA) is 50.7 Å². The van der Waals surface area contributed by atoms with Crippen LogP contribution in [0.15, 0.2) is 12.1 Å². The maximum atomic E-state index is 9.49. The molecule has 5 heteroatoms. The molecule has 1 aromatic carbocycles. The maximum Gasteiger partial charge on any atom is 0.231 e. The summed E-state index contributed by atoms with van der Waals surface area (Å²) < 4.78 is 10.7. The first-order valence-electron chi connectivity index (χ1n) is 7.19. The summed E-state index contributed by atoms with van der Waals surface area (Å²) in [6.07, 6.45) is 4.00. The second-order valence-corrected chi connectivity index (χ2v) is 6.02. The van der Waals surface area contributed by atoms with E-state index in [0.717, 1.165) is 50.1 Å². The summed E-state index contributed by atoms with van der Waals surface area (Å²) in [7, 11) is 0. The molecule has 3 rings (SSSR count). The first-order valence-corrected chi connectivity index (χ1v) is 7.57. The Labute approximate surface area is 124 Å². The van der Waals surface area contributed by atoms with Crippen molar-refractivity contribution in [3.05, 3.63) is 22.7 Å². The van der Waals surface area contributed by atoms with Gasteiger partial charge in [0.15, 0.2) is 11.5 Å². The minimum Gasteiger partial charge on any atom is -0.454 e. The molecule has 1 aliphatic heterocycles. The minimum absolute atomic E-state index is 0.0843. The molecule has 4 nitrogen and oxygen atoms in total. The normalized spacial score (nSPS) is 24.9. The van der Waals surface area contributed by atoms with E-state index < -0.39 is 0 Å². The van der Waals surface area contributed by atoms with Gasteiger partial charge in [0.25, 0.3) is 0 Å². The molecule has 1 heterocycles. The van der Waals surface area contributed by atoms with Gasteiger partial charge in [-0.3, -0.25) is 0 Å². The molecule has 0 spiro atoms. The van der Waals surface area contributed by atoms with E-state index in [4.69, 9.17) is 21.1 Å². The molecule has 110 valence electrons. The van der Waals surface area contributed by atoms with Crippen molar-refractivity contribution >= 4 is 11.6 Å². The number of benzene rings is 1. The predicted octanol–water partition coefficient (Wildman–Crippen LogP) is 2.71. The Morgan fingerprint density at radius 2 is 2.00 bits per heavy atom. The van der Waals surface area contributed by atoms with Crippen LogP contribution in [0.5, 0.6) is 11.5 Å². The monoisotopic (exact) mass is 297 g/mol. The molecule has 1 fully saturated rings. The van der Waals surface area contributed by atoms with E-state index in [1.54, 1.807) is 0 Å². The lowest BCUT2D eigenvalue weighted by atomic mass is 9.87. The van der Waals surface area contributed by atoms with Gasteiger partial charge in [0, 0.05) is 6.54 Å². The highest BCUT2D eigenvalue weighted by Crippen LogP contribution is 2.39. The van der Waals surface area contributed by atoms with Gasteiger partial charge < -0.3 is 19.9 Å². The van der Waals surface area contributed by atoms with Crippen LogP contribution in [-0.2, 0) is 6.54 Å². The average Bonchev–Trinajstić information content (AvgIpc) is 2.90. The molecule has 0 amide bonds. The molecule has 0 radical (unpaired) electrons. The summed E-state index contributed by atoms with van der Waals surface area (Å²) in [5.41, 5.74) is 1.11. The van der Waals surface area contributed by atoms with E-state index in [9.17, 15) is 5.11 Å².